The Kier molecular flexibility index (Phi) is 10.7. The number of hydrogen-bond donors (Lipinski definition) is 0. The maximum Gasteiger partial charge on any atom is 0.436 e. The van der Waals surface area contributed by atoms with Crippen LogP contribution in [-0.2, 0) is 23.1 Å². The van der Waals surface area contributed by atoms with Gasteiger partial charge in [-0.15, -0.1) is 0 Å². The van der Waals surface area contributed by atoms with Crippen LogP contribution in [0.25, 0.3) is 0 Å². The van der Waals surface area contributed by atoms with Crippen molar-refractivity contribution in [3.8, 4) is 0 Å². The number of unbranched alkanes of at least 4 members (excludes halogenated alkanes) is 1. The highest BCUT2D eigenvalue weighted by Crippen LogP contribution is 2.38. The van der Waals surface area contributed by atoms with E-state index in [0.29, 0.717) is 19.1 Å². The molecule has 1 atom stereocenters. The second-order valence-corrected chi connectivity index (χ2v) is 12.9. The highest BCUT2D eigenvalue weighted by Gasteiger charge is 2.63. The first-order chi connectivity index (χ1) is 12.1. The SMILES string of the molecule is CCCCOC(OCC(C)C)(OC(C)C)[Si](C)(OC(C)(C)C)OC(C)(C)C. The van der Waals surface area contributed by atoms with Crippen molar-refractivity contribution in [2.24, 2.45) is 5.92 Å². The van der Waals surface area contributed by atoms with E-state index in [0.717, 1.165) is 12.8 Å². The van der Waals surface area contributed by atoms with Crippen molar-refractivity contribution >= 4 is 8.56 Å². The van der Waals surface area contributed by atoms with Gasteiger partial charge in [-0.3, -0.25) is 0 Å². The Morgan fingerprint density at radius 1 is 0.815 bits per heavy atom. The lowest BCUT2D eigenvalue weighted by Crippen LogP contribution is -2.69. The first-order valence-electron chi connectivity index (χ1n) is 10.4. The van der Waals surface area contributed by atoms with Crippen LogP contribution in [0.4, 0.5) is 0 Å². The second kappa shape index (κ2) is 10.7. The molecule has 0 bridgehead atoms. The van der Waals surface area contributed by atoms with Gasteiger partial charge in [0.15, 0.2) is 0 Å². The molecular formula is C21H46O5Si. The van der Waals surface area contributed by atoms with E-state index < -0.39 is 25.4 Å². The fraction of sp³-hybridized carbons (Fsp3) is 1.00. The summed E-state index contributed by atoms with van der Waals surface area (Å²) in [7, 11) is -3.15. The lowest BCUT2D eigenvalue weighted by molar-refractivity contribution is -0.364. The first-order valence-corrected chi connectivity index (χ1v) is 12.7. The zero-order valence-corrected chi connectivity index (χ0v) is 21.0. The van der Waals surface area contributed by atoms with Crippen LogP contribution in [0.1, 0.15) is 89.0 Å². The Bertz CT molecular complexity index is 396. The lowest BCUT2D eigenvalue weighted by Gasteiger charge is -2.49. The summed E-state index contributed by atoms with van der Waals surface area (Å²) in [6, 6.07) is 0. The molecule has 27 heavy (non-hydrogen) atoms. The summed E-state index contributed by atoms with van der Waals surface area (Å²) < 4.78 is 32.2. The number of ether oxygens (including phenoxy) is 3. The molecule has 0 aromatic carbocycles. The van der Waals surface area contributed by atoms with Crippen molar-refractivity contribution in [1.29, 1.82) is 0 Å². The standard InChI is InChI=1S/C21H46O5Si/c1-13-14-15-22-21(24-18(4)5,23-16-17(2)3)27(12,25-19(6,7)8)26-20(9,10)11/h17-18H,13-16H2,1-12H3. The summed E-state index contributed by atoms with van der Waals surface area (Å²) in [6.07, 6.45) is 1.85. The van der Waals surface area contributed by atoms with E-state index in [1.807, 2.05) is 61.9 Å². The maximum atomic E-state index is 6.57. The Hall–Kier alpha value is 0.0169. The fourth-order valence-corrected chi connectivity index (χ4v) is 6.52. The van der Waals surface area contributed by atoms with Crippen molar-refractivity contribution in [3.05, 3.63) is 0 Å². The van der Waals surface area contributed by atoms with Crippen molar-refractivity contribution < 1.29 is 23.1 Å². The molecular weight excluding hydrogens is 360 g/mol. The number of rotatable bonds is 12. The third-order valence-corrected chi connectivity index (χ3v) is 6.87. The lowest BCUT2D eigenvalue weighted by atomic mass is 10.2. The highest BCUT2D eigenvalue weighted by atomic mass is 28.4. The molecule has 0 aromatic rings. The minimum atomic E-state index is -3.15. The quantitative estimate of drug-likeness (QED) is 0.233. The molecule has 0 saturated carbocycles. The minimum absolute atomic E-state index is 0.0993. The predicted molar refractivity (Wildman–Crippen MR) is 114 cm³/mol. The molecule has 0 spiro atoms. The van der Waals surface area contributed by atoms with Gasteiger partial charge in [0, 0.05) is 0 Å². The Morgan fingerprint density at radius 3 is 1.63 bits per heavy atom. The third kappa shape index (κ3) is 10.4. The van der Waals surface area contributed by atoms with E-state index in [2.05, 4.69) is 20.8 Å². The molecule has 0 aliphatic carbocycles. The zero-order valence-electron chi connectivity index (χ0n) is 20.0. The topological polar surface area (TPSA) is 46.2 Å². The van der Waals surface area contributed by atoms with Crippen LogP contribution in [0.2, 0.25) is 6.55 Å². The van der Waals surface area contributed by atoms with Gasteiger partial charge in [0.2, 0.25) is 0 Å². The van der Waals surface area contributed by atoms with Crippen molar-refractivity contribution in [2.75, 3.05) is 13.2 Å². The van der Waals surface area contributed by atoms with Gasteiger partial charge in [0.05, 0.1) is 30.5 Å². The van der Waals surface area contributed by atoms with Gasteiger partial charge in [0.25, 0.3) is 0 Å². The van der Waals surface area contributed by atoms with Crippen molar-refractivity contribution in [3.63, 3.8) is 0 Å². The fourth-order valence-electron chi connectivity index (χ4n) is 2.73. The van der Waals surface area contributed by atoms with Crippen molar-refractivity contribution in [1.82, 2.24) is 0 Å². The first kappa shape index (κ1) is 27.0. The summed E-state index contributed by atoms with van der Waals surface area (Å²) in [4.78, 5) is 0. The largest absolute Gasteiger partial charge is 0.436 e. The van der Waals surface area contributed by atoms with E-state index in [4.69, 9.17) is 23.1 Å². The van der Waals surface area contributed by atoms with Gasteiger partial charge in [-0.1, -0.05) is 27.2 Å². The summed E-state index contributed by atoms with van der Waals surface area (Å²) in [5.74, 6) is 0.331. The predicted octanol–water partition coefficient (Wildman–Crippen LogP) is 5.80. The smallest absolute Gasteiger partial charge is 0.384 e. The van der Waals surface area contributed by atoms with Gasteiger partial charge in [0.1, 0.15) is 0 Å². The Morgan fingerprint density at radius 2 is 1.30 bits per heavy atom. The molecule has 0 amide bonds. The summed E-state index contributed by atoms with van der Waals surface area (Å²) >= 11 is 0. The number of hydrogen-bond acceptors (Lipinski definition) is 5. The van der Waals surface area contributed by atoms with Crippen LogP contribution in [0.5, 0.6) is 0 Å². The summed E-state index contributed by atoms with van der Waals surface area (Å²) in [6.45, 7) is 25.5. The van der Waals surface area contributed by atoms with Gasteiger partial charge >= 0.3 is 14.2 Å². The molecule has 6 heteroatoms. The molecule has 0 aliphatic heterocycles. The van der Waals surface area contributed by atoms with Gasteiger partial charge in [-0.2, -0.15) is 0 Å². The monoisotopic (exact) mass is 406 g/mol. The van der Waals surface area contributed by atoms with Crippen LogP contribution in [-0.4, -0.2) is 44.7 Å². The van der Waals surface area contributed by atoms with Gasteiger partial charge < -0.3 is 23.1 Å². The summed E-state index contributed by atoms with van der Waals surface area (Å²) in [5, 5.41) is 0. The minimum Gasteiger partial charge on any atom is -0.384 e. The van der Waals surface area contributed by atoms with Crippen LogP contribution in [0.15, 0.2) is 0 Å². The zero-order chi connectivity index (χ0) is 21.5. The molecule has 0 saturated heterocycles. The van der Waals surface area contributed by atoms with Crippen LogP contribution >= 0.6 is 0 Å². The van der Waals surface area contributed by atoms with E-state index in [-0.39, 0.29) is 6.10 Å². The molecule has 0 N–H and O–H groups in total. The Balaban J connectivity index is 6.21. The third-order valence-electron chi connectivity index (χ3n) is 3.35. The van der Waals surface area contributed by atoms with Crippen LogP contribution in [0, 0.1) is 5.92 Å². The average Bonchev–Trinajstić information content (AvgIpc) is 2.39. The molecule has 5 nitrogen and oxygen atoms in total. The van der Waals surface area contributed by atoms with E-state index in [1.165, 1.54) is 0 Å². The molecule has 0 radical (unpaired) electrons. The van der Waals surface area contributed by atoms with E-state index >= 15 is 0 Å². The maximum absolute atomic E-state index is 6.57. The van der Waals surface area contributed by atoms with Crippen LogP contribution in [0.3, 0.4) is 0 Å². The molecule has 164 valence electrons. The average molecular weight is 407 g/mol. The van der Waals surface area contributed by atoms with Gasteiger partial charge in [-0.05, 0) is 74.3 Å². The Labute approximate surface area is 169 Å². The molecule has 0 rings (SSSR count). The van der Waals surface area contributed by atoms with E-state index in [1.54, 1.807) is 0 Å². The molecule has 0 aromatic heterocycles. The molecule has 0 fully saturated rings. The van der Waals surface area contributed by atoms with Crippen molar-refractivity contribution in [2.45, 2.75) is 118 Å². The van der Waals surface area contributed by atoms with E-state index in [9.17, 15) is 0 Å². The molecule has 1 unspecified atom stereocenters. The van der Waals surface area contributed by atoms with Crippen LogP contribution < -0.4 is 0 Å². The van der Waals surface area contributed by atoms with Gasteiger partial charge in [-0.25, -0.2) is 0 Å². The highest BCUT2D eigenvalue weighted by molar-refractivity contribution is 6.68. The second-order valence-electron chi connectivity index (χ2n) is 10.0. The molecule has 0 aliphatic rings. The molecule has 0 heterocycles. The summed E-state index contributed by atoms with van der Waals surface area (Å²) in [5.41, 5.74) is -2.18. The normalized spacial score (nSPS) is 16.2.